The number of rotatable bonds is 4. The van der Waals surface area contributed by atoms with Crippen LogP contribution >= 0.6 is 34.8 Å². The Kier molecular flexibility index (Phi) is 5.73. The van der Waals surface area contributed by atoms with Gasteiger partial charge in [0.1, 0.15) is 6.54 Å². The highest BCUT2D eigenvalue weighted by atomic mass is 35.5. The van der Waals surface area contributed by atoms with Gasteiger partial charge >= 0.3 is 6.18 Å². The van der Waals surface area contributed by atoms with Crippen molar-refractivity contribution in [3.05, 3.63) is 50.2 Å². The molecule has 3 nitrogen and oxygen atoms in total. The van der Waals surface area contributed by atoms with Crippen LogP contribution in [0.2, 0.25) is 15.1 Å². The van der Waals surface area contributed by atoms with E-state index in [1.54, 1.807) is 19.9 Å². The standard InChI is InChI=1S/C15H13Cl3F3N3/c1-8-3-10(9(2)24(8)7-15(19,20)21)6-22-23-14-12(17)4-11(16)5-13(14)18/h3-6,23H,7H2,1-2H3. The van der Waals surface area contributed by atoms with Gasteiger partial charge < -0.3 is 4.57 Å². The van der Waals surface area contributed by atoms with Gasteiger partial charge in [-0.15, -0.1) is 0 Å². The molecule has 0 unspecified atom stereocenters. The van der Waals surface area contributed by atoms with Crippen molar-refractivity contribution in [3.8, 4) is 0 Å². The zero-order valence-electron chi connectivity index (χ0n) is 12.7. The molecule has 1 aromatic carbocycles. The molecule has 0 atom stereocenters. The molecule has 0 fully saturated rings. The van der Waals surface area contributed by atoms with Crippen molar-refractivity contribution in [3.63, 3.8) is 0 Å². The van der Waals surface area contributed by atoms with Crippen molar-refractivity contribution in [1.82, 2.24) is 4.57 Å². The number of nitrogens with one attached hydrogen (secondary N) is 1. The Balaban J connectivity index is 2.20. The maximum atomic E-state index is 12.6. The van der Waals surface area contributed by atoms with Crippen molar-refractivity contribution >= 4 is 46.7 Å². The summed E-state index contributed by atoms with van der Waals surface area (Å²) >= 11 is 17.8. The molecule has 2 rings (SSSR count). The lowest BCUT2D eigenvalue weighted by Gasteiger charge is -2.12. The molecule has 0 aliphatic rings. The van der Waals surface area contributed by atoms with Crippen LogP contribution in [-0.4, -0.2) is 17.0 Å². The number of anilines is 1. The molecule has 9 heteroatoms. The third kappa shape index (κ3) is 4.59. The van der Waals surface area contributed by atoms with E-state index >= 15 is 0 Å². The lowest BCUT2D eigenvalue weighted by Crippen LogP contribution is -2.19. The Hall–Kier alpha value is -1.37. The highest BCUT2D eigenvalue weighted by Crippen LogP contribution is 2.33. The molecule has 0 saturated heterocycles. The third-order valence-corrected chi connectivity index (χ3v) is 4.15. The topological polar surface area (TPSA) is 29.3 Å². The Morgan fingerprint density at radius 2 is 1.71 bits per heavy atom. The minimum atomic E-state index is -4.29. The van der Waals surface area contributed by atoms with E-state index in [0.717, 1.165) is 0 Å². The third-order valence-electron chi connectivity index (χ3n) is 3.34. The second-order valence-corrected chi connectivity index (χ2v) is 6.39. The van der Waals surface area contributed by atoms with Gasteiger partial charge in [0, 0.05) is 22.0 Å². The fourth-order valence-corrected chi connectivity index (χ4v) is 3.10. The summed E-state index contributed by atoms with van der Waals surface area (Å²) in [5.41, 5.74) is 4.56. The number of aryl methyl sites for hydroxylation is 1. The van der Waals surface area contributed by atoms with E-state index < -0.39 is 12.7 Å². The molecular formula is C15H13Cl3F3N3. The summed E-state index contributed by atoms with van der Waals surface area (Å²) in [6, 6.07) is 4.63. The summed E-state index contributed by atoms with van der Waals surface area (Å²) in [6.07, 6.45) is -2.87. The summed E-state index contributed by atoms with van der Waals surface area (Å²) in [6.45, 7) is 2.17. The van der Waals surface area contributed by atoms with E-state index in [9.17, 15) is 13.2 Å². The Bertz CT molecular complexity index is 759. The van der Waals surface area contributed by atoms with Gasteiger partial charge in [0.2, 0.25) is 0 Å². The first-order chi connectivity index (χ1) is 11.1. The fraction of sp³-hybridized carbons (Fsp3) is 0.267. The van der Waals surface area contributed by atoms with Gasteiger partial charge in [-0.2, -0.15) is 18.3 Å². The van der Waals surface area contributed by atoms with Crippen molar-refractivity contribution in [2.24, 2.45) is 5.10 Å². The molecule has 130 valence electrons. The number of aromatic nitrogens is 1. The maximum absolute atomic E-state index is 12.6. The number of halogens is 6. The van der Waals surface area contributed by atoms with Crippen molar-refractivity contribution in [2.75, 3.05) is 5.43 Å². The van der Waals surface area contributed by atoms with Gasteiger partial charge in [0.05, 0.1) is 21.9 Å². The molecule has 24 heavy (non-hydrogen) atoms. The van der Waals surface area contributed by atoms with E-state index in [1.165, 1.54) is 22.9 Å². The monoisotopic (exact) mass is 397 g/mol. The minimum Gasteiger partial charge on any atom is -0.339 e. The number of benzene rings is 1. The lowest BCUT2D eigenvalue weighted by molar-refractivity contribution is -0.141. The lowest BCUT2D eigenvalue weighted by atomic mass is 10.3. The number of alkyl halides is 3. The largest absolute Gasteiger partial charge is 0.406 e. The molecule has 0 aliphatic carbocycles. The first-order valence-electron chi connectivity index (χ1n) is 6.75. The van der Waals surface area contributed by atoms with Gasteiger partial charge in [-0.3, -0.25) is 5.43 Å². The average Bonchev–Trinajstić information content (AvgIpc) is 2.68. The summed E-state index contributed by atoms with van der Waals surface area (Å²) in [5, 5.41) is 4.95. The zero-order valence-corrected chi connectivity index (χ0v) is 14.9. The summed E-state index contributed by atoms with van der Waals surface area (Å²) in [5.74, 6) is 0. The molecular weight excluding hydrogens is 386 g/mol. The molecule has 0 bridgehead atoms. The summed E-state index contributed by atoms with van der Waals surface area (Å²) in [7, 11) is 0. The van der Waals surface area contributed by atoms with Crippen LogP contribution in [0.15, 0.2) is 23.3 Å². The highest BCUT2D eigenvalue weighted by molar-refractivity contribution is 6.41. The van der Waals surface area contributed by atoms with E-state index in [4.69, 9.17) is 34.8 Å². The molecule has 0 spiro atoms. The predicted molar refractivity (Wildman–Crippen MR) is 92.6 cm³/mol. The molecule has 0 radical (unpaired) electrons. The first kappa shape index (κ1) is 19.0. The van der Waals surface area contributed by atoms with Crippen LogP contribution in [0.25, 0.3) is 0 Å². The van der Waals surface area contributed by atoms with Crippen LogP contribution in [0, 0.1) is 13.8 Å². The Morgan fingerprint density at radius 3 is 2.25 bits per heavy atom. The van der Waals surface area contributed by atoms with Crippen LogP contribution in [-0.2, 0) is 6.54 Å². The summed E-state index contributed by atoms with van der Waals surface area (Å²) in [4.78, 5) is 0. The van der Waals surface area contributed by atoms with Crippen molar-refractivity contribution in [2.45, 2.75) is 26.6 Å². The predicted octanol–water partition coefficient (Wildman–Crippen LogP) is 6.07. The quantitative estimate of drug-likeness (QED) is 0.491. The molecule has 2 aromatic rings. The first-order valence-corrected chi connectivity index (χ1v) is 7.89. The number of hydrazone groups is 1. The summed E-state index contributed by atoms with van der Waals surface area (Å²) < 4.78 is 39.0. The molecule has 0 aliphatic heterocycles. The number of nitrogens with zero attached hydrogens (tertiary/aromatic N) is 2. The average molecular weight is 399 g/mol. The van der Waals surface area contributed by atoms with E-state index in [1.807, 2.05) is 0 Å². The number of hydrogen-bond donors (Lipinski definition) is 1. The molecule has 1 aromatic heterocycles. The van der Waals surface area contributed by atoms with Gasteiger partial charge in [-0.25, -0.2) is 0 Å². The second kappa shape index (κ2) is 7.25. The van der Waals surface area contributed by atoms with Gasteiger partial charge in [-0.05, 0) is 32.0 Å². The molecule has 1 N–H and O–H groups in total. The van der Waals surface area contributed by atoms with Gasteiger partial charge in [0.25, 0.3) is 0 Å². The Morgan fingerprint density at radius 1 is 1.12 bits per heavy atom. The normalized spacial score (nSPS) is 12.2. The van der Waals surface area contributed by atoms with Crippen LogP contribution in [0.1, 0.15) is 17.0 Å². The highest BCUT2D eigenvalue weighted by Gasteiger charge is 2.29. The number of hydrogen-bond acceptors (Lipinski definition) is 2. The molecule has 1 heterocycles. The second-order valence-electron chi connectivity index (χ2n) is 5.14. The fourth-order valence-electron chi connectivity index (χ4n) is 2.20. The smallest absolute Gasteiger partial charge is 0.339 e. The van der Waals surface area contributed by atoms with Gasteiger partial charge in [0.15, 0.2) is 0 Å². The maximum Gasteiger partial charge on any atom is 0.406 e. The van der Waals surface area contributed by atoms with Crippen LogP contribution in [0.4, 0.5) is 18.9 Å². The minimum absolute atomic E-state index is 0.284. The SMILES string of the molecule is Cc1cc(C=NNc2c(Cl)cc(Cl)cc2Cl)c(C)n1CC(F)(F)F. The van der Waals surface area contributed by atoms with Crippen molar-refractivity contribution in [1.29, 1.82) is 0 Å². The van der Waals surface area contributed by atoms with Crippen molar-refractivity contribution < 1.29 is 13.2 Å². The van der Waals surface area contributed by atoms with Crippen LogP contribution in [0.5, 0.6) is 0 Å². The molecule has 0 saturated carbocycles. The Labute approximate surface area is 152 Å². The van der Waals surface area contributed by atoms with Gasteiger partial charge in [-0.1, -0.05) is 34.8 Å². The van der Waals surface area contributed by atoms with Crippen LogP contribution in [0.3, 0.4) is 0 Å². The van der Waals surface area contributed by atoms with E-state index in [2.05, 4.69) is 10.5 Å². The zero-order chi connectivity index (χ0) is 18.1. The molecule has 0 amide bonds. The van der Waals surface area contributed by atoms with E-state index in [0.29, 0.717) is 27.7 Å². The van der Waals surface area contributed by atoms with E-state index in [-0.39, 0.29) is 10.0 Å². The van der Waals surface area contributed by atoms with Crippen LogP contribution < -0.4 is 5.43 Å².